The van der Waals surface area contributed by atoms with Gasteiger partial charge in [-0.3, -0.25) is 0 Å². The number of hydrogen-bond donors (Lipinski definition) is 0. The van der Waals surface area contributed by atoms with Crippen LogP contribution < -0.4 is 0 Å². The molecule has 1 radical (unpaired) electrons. The fourth-order valence-electron chi connectivity index (χ4n) is 1.06. The fourth-order valence-corrected chi connectivity index (χ4v) is 2.35. The van der Waals surface area contributed by atoms with E-state index in [1.165, 1.54) is 6.42 Å². The zero-order chi connectivity index (χ0) is 8.85. The van der Waals surface area contributed by atoms with E-state index in [0.29, 0.717) is 0 Å². The molecular weight excluding hydrogens is 151 g/mol. The Hall–Kier alpha value is 0.415. The summed E-state index contributed by atoms with van der Waals surface area (Å²) < 4.78 is 0. The monoisotopic (exact) mass is 171 g/mol. The van der Waals surface area contributed by atoms with Gasteiger partial charge < -0.3 is 0 Å². The van der Waals surface area contributed by atoms with E-state index in [9.17, 15) is 0 Å². The summed E-state index contributed by atoms with van der Waals surface area (Å²) in [5, 5.41) is 1.52. The van der Waals surface area contributed by atoms with Crippen molar-refractivity contribution in [1.29, 1.82) is 0 Å². The minimum absolute atomic E-state index is 0.728. The third kappa shape index (κ3) is 6.80. The molecule has 0 aromatic rings. The molecule has 0 rings (SSSR count). The van der Waals surface area contributed by atoms with Crippen LogP contribution in [0.5, 0.6) is 0 Å². The Kier molecular flexibility index (Phi) is 6.22. The van der Waals surface area contributed by atoms with Gasteiger partial charge in [0.1, 0.15) is 7.28 Å². The maximum atomic E-state index is 2.45. The number of hydrogen-bond acceptors (Lipinski definition) is 1. The van der Waals surface area contributed by atoms with Crippen molar-refractivity contribution in [1.82, 2.24) is 0 Å². The second-order valence-corrected chi connectivity index (χ2v) is 5.39. The summed E-state index contributed by atoms with van der Waals surface area (Å²) in [6, 6.07) is 0. The van der Waals surface area contributed by atoms with Gasteiger partial charge in [0.15, 0.2) is 0 Å². The second kappa shape index (κ2) is 5.99. The van der Waals surface area contributed by atoms with Gasteiger partial charge in [-0.1, -0.05) is 46.9 Å². The highest BCUT2D eigenvalue weighted by Gasteiger charge is 2.11. The van der Waals surface area contributed by atoms with Crippen molar-refractivity contribution in [2.24, 2.45) is 0 Å². The smallest absolute Gasteiger partial charge is 0.130 e. The van der Waals surface area contributed by atoms with Gasteiger partial charge in [-0.2, -0.15) is 11.8 Å². The Morgan fingerprint density at radius 3 is 2.00 bits per heavy atom. The Labute approximate surface area is 76.8 Å². The van der Waals surface area contributed by atoms with Crippen LogP contribution in [0.4, 0.5) is 0 Å². The van der Waals surface area contributed by atoms with Crippen LogP contribution in [0.25, 0.3) is 0 Å². The van der Waals surface area contributed by atoms with Crippen molar-refractivity contribution in [3.05, 3.63) is 0 Å². The second-order valence-electron chi connectivity index (χ2n) is 3.57. The van der Waals surface area contributed by atoms with Gasteiger partial charge in [-0.25, -0.2) is 0 Å². The van der Waals surface area contributed by atoms with Gasteiger partial charge >= 0.3 is 0 Å². The maximum absolute atomic E-state index is 2.45. The molecule has 0 aliphatic carbocycles. The molecule has 1 atom stereocenters. The molecule has 0 fully saturated rings. The Morgan fingerprint density at radius 1 is 1.18 bits per heavy atom. The molecule has 1 unspecified atom stereocenters. The van der Waals surface area contributed by atoms with Crippen molar-refractivity contribution >= 4 is 19.0 Å². The number of thioether (sulfide) groups is 1. The van der Waals surface area contributed by atoms with Gasteiger partial charge in [0, 0.05) is 0 Å². The summed E-state index contributed by atoms with van der Waals surface area (Å²) in [4.78, 5) is 0. The summed E-state index contributed by atoms with van der Waals surface area (Å²) in [6.45, 7) is 11.3. The predicted octanol–water partition coefficient (Wildman–Crippen LogP) is 3.40. The Morgan fingerprint density at radius 2 is 1.73 bits per heavy atom. The lowest BCUT2D eigenvalue weighted by molar-refractivity contribution is 0.967. The predicted molar refractivity (Wildman–Crippen MR) is 57.7 cm³/mol. The van der Waals surface area contributed by atoms with E-state index in [0.717, 1.165) is 16.2 Å². The van der Waals surface area contributed by atoms with E-state index in [-0.39, 0.29) is 0 Å². The number of rotatable bonds is 5. The van der Waals surface area contributed by atoms with E-state index >= 15 is 0 Å². The zero-order valence-electron chi connectivity index (χ0n) is 8.42. The summed E-state index contributed by atoms with van der Waals surface area (Å²) >= 11 is 2.07. The third-order valence-electron chi connectivity index (χ3n) is 1.45. The highest BCUT2D eigenvalue weighted by atomic mass is 32.2. The summed E-state index contributed by atoms with van der Waals surface area (Å²) in [5.74, 6) is 0.728. The average molecular weight is 171 g/mol. The lowest BCUT2D eigenvalue weighted by atomic mass is 9.62. The molecule has 0 aromatic heterocycles. The van der Waals surface area contributed by atoms with E-state index in [2.05, 4.69) is 53.7 Å². The largest absolute Gasteiger partial charge is 0.165 e. The first-order valence-corrected chi connectivity index (χ1v) is 5.51. The lowest BCUT2D eigenvalue weighted by Gasteiger charge is -2.17. The van der Waals surface area contributed by atoms with Crippen LogP contribution >= 0.6 is 11.8 Å². The quantitative estimate of drug-likeness (QED) is 0.571. The molecule has 0 heterocycles. The maximum Gasteiger partial charge on any atom is 0.130 e. The summed E-state index contributed by atoms with van der Waals surface area (Å²) in [5.41, 5.74) is 0. The molecule has 0 saturated heterocycles. The molecule has 0 aromatic carbocycles. The van der Waals surface area contributed by atoms with Crippen LogP contribution in [-0.4, -0.2) is 17.7 Å². The molecule has 2 heteroatoms. The topological polar surface area (TPSA) is 0 Å². The Bertz CT molecular complexity index is 81.6. The van der Waals surface area contributed by atoms with Crippen LogP contribution in [0.2, 0.25) is 5.82 Å². The molecule has 0 bridgehead atoms. The first-order valence-electron chi connectivity index (χ1n) is 4.56. The normalized spacial score (nSPS) is 14.1. The molecule has 0 aliphatic heterocycles. The van der Waals surface area contributed by atoms with Gasteiger partial charge in [0.25, 0.3) is 0 Å². The van der Waals surface area contributed by atoms with E-state index < -0.39 is 0 Å². The van der Waals surface area contributed by atoms with Gasteiger partial charge in [-0.15, -0.1) is 0 Å². The molecule has 0 amide bonds. The minimum atomic E-state index is 0.728. The van der Waals surface area contributed by atoms with Crippen molar-refractivity contribution in [3.8, 4) is 0 Å². The highest BCUT2D eigenvalue weighted by Crippen LogP contribution is 2.21. The van der Waals surface area contributed by atoms with Crippen LogP contribution in [0.1, 0.15) is 41.0 Å². The molecular formula is C9H20BS. The molecule has 0 spiro atoms. The van der Waals surface area contributed by atoms with Crippen LogP contribution in [-0.2, 0) is 0 Å². The molecule has 11 heavy (non-hydrogen) atoms. The minimum Gasteiger partial charge on any atom is -0.165 e. The summed E-state index contributed by atoms with van der Waals surface area (Å²) in [7, 11) is 2.45. The van der Waals surface area contributed by atoms with Crippen molar-refractivity contribution < 1.29 is 0 Å². The molecule has 0 N–H and O–H groups in total. The van der Waals surface area contributed by atoms with Gasteiger partial charge in [-0.05, 0) is 10.4 Å². The highest BCUT2D eigenvalue weighted by molar-refractivity contribution is 8.01. The first-order chi connectivity index (χ1) is 5.06. The van der Waals surface area contributed by atoms with Gasteiger partial charge in [0.2, 0.25) is 0 Å². The van der Waals surface area contributed by atoms with Crippen molar-refractivity contribution in [2.45, 2.75) is 57.3 Å². The van der Waals surface area contributed by atoms with Crippen LogP contribution in [0, 0.1) is 0 Å². The Balaban J connectivity index is 3.58. The lowest BCUT2D eigenvalue weighted by Crippen LogP contribution is -2.16. The van der Waals surface area contributed by atoms with Crippen molar-refractivity contribution in [2.75, 3.05) is 0 Å². The van der Waals surface area contributed by atoms with E-state index in [1.807, 2.05) is 0 Å². The SMILES string of the molecule is CCC([B]C(C)C)SC(C)C. The van der Waals surface area contributed by atoms with E-state index in [4.69, 9.17) is 0 Å². The van der Waals surface area contributed by atoms with Crippen molar-refractivity contribution in [3.63, 3.8) is 0 Å². The summed E-state index contributed by atoms with van der Waals surface area (Å²) in [6.07, 6.45) is 1.26. The van der Waals surface area contributed by atoms with Crippen LogP contribution in [0.15, 0.2) is 0 Å². The van der Waals surface area contributed by atoms with Crippen LogP contribution in [0.3, 0.4) is 0 Å². The molecule has 0 nitrogen and oxygen atoms in total. The molecule has 0 saturated carbocycles. The fraction of sp³-hybridized carbons (Fsp3) is 1.00. The molecule has 0 aliphatic rings. The van der Waals surface area contributed by atoms with Gasteiger partial charge in [0.05, 0.1) is 0 Å². The first kappa shape index (κ1) is 11.4. The third-order valence-corrected chi connectivity index (χ3v) is 2.83. The standard InChI is InChI=1S/C9H20BS/c1-6-9(10-7(2)3)11-8(4)5/h7-9H,6H2,1-5H3. The van der Waals surface area contributed by atoms with E-state index in [1.54, 1.807) is 0 Å². The average Bonchev–Trinajstić information content (AvgIpc) is 1.84. The zero-order valence-corrected chi connectivity index (χ0v) is 9.24. The molecule has 65 valence electrons.